The molecule has 0 radical (unpaired) electrons. The number of hydrogen-bond donors (Lipinski definition) is 0. The maximum absolute atomic E-state index is 5.47. The average Bonchev–Trinajstić information content (AvgIpc) is 2.25. The molecular weight excluding hydrogens is 240 g/mol. The molecule has 0 N–H and O–H groups in total. The highest BCUT2D eigenvalue weighted by molar-refractivity contribution is 9.09. The van der Waals surface area contributed by atoms with Crippen LogP contribution in [0.2, 0.25) is 0 Å². The lowest BCUT2D eigenvalue weighted by atomic mass is 10.1. The molecule has 0 saturated carbocycles. The van der Waals surface area contributed by atoms with E-state index >= 15 is 0 Å². The van der Waals surface area contributed by atoms with Crippen LogP contribution in [0.4, 0.5) is 0 Å². The molecule has 0 fully saturated rings. The summed E-state index contributed by atoms with van der Waals surface area (Å²) < 4.78 is 5.47. The van der Waals surface area contributed by atoms with E-state index in [4.69, 9.17) is 4.74 Å². The van der Waals surface area contributed by atoms with E-state index in [-0.39, 0.29) is 0 Å². The van der Waals surface area contributed by atoms with Crippen molar-refractivity contribution in [1.82, 2.24) is 0 Å². The van der Waals surface area contributed by atoms with Crippen LogP contribution >= 0.6 is 15.9 Å². The van der Waals surface area contributed by atoms with E-state index in [9.17, 15) is 0 Å². The van der Waals surface area contributed by atoms with Crippen molar-refractivity contribution in [2.24, 2.45) is 0 Å². The Hall–Kier alpha value is -0.340. The Morgan fingerprint density at radius 3 is 2.43 bits per heavy atom. The van der Waals surface area contributed by atoms with Gasteiger partial charge in [-0.05, 0) is 24.8 Å². The van der Waals surface area contributed by atoms with E-state index in [1.165, 1.54) is 5.56 Å². The van der Waals surface area contributed by atoms with E-state index < -0.39 is 0 Å². The van der Waals surface area contributed by atoms with Crippen LogP contribution in [0.25, 0.3) is 0 Å². The monoisotopic (exact) mass is 256 g/mol. The highest BCUT2D eigenvalue weighted by Crippen LogP contribution is 2.02. The van der Waals surface area contributed by atoms with E-state index in [0.29, 0.717) is 0 Å². The molecule has 14 heavy (non-hydrogen) atoms. The zero-order valence-corrected chi connectivity index (χ0v) is 10.0. The van der Waals surface area contributed by atoms with Crippen molar-refractivity contribution >= 4 is 15.9 Å². The summed E-state index contributed by atoms with van der Waals surface area (Å²) in [6.07, 6.45) is 3.34. The second-order valence-corrected chi connectivity index (χ2v) is 4.04. The summed E-state index contributed by atoms with van der Waals surface area (Å²) in [4.78, 5) is 0. The topological polar surface area (TPSA) is 9.23 Å². The van der Waals surface area contributed by atoms with Gasteiger partial charge in [-0.2, -0.15) is 0 Å². The van der Waals surface area contributed by atoms with Crippen molar-refractivity contribution in [2.45, 2.75) is 19.3 Å². The second kappa shape index (κ2) is 8.01. The van der Waals surface area contributed by atoms with E-state index in [2.05, 4.69) is 46.3 Å². The summed E-state index contributed by atoms with van der Waals surface area (Å²) >= 11 is 3.38. The van der Waals surface area contributed by atoms with Gasteiger partial charge in [-0.25, -0.2) is 0 Å². The molecule has 0 heterocycles. The Kier molecular flexibility index (Phi) is 6.71. The summed E-state index contributed by atoms with van der Waals surface area (Å²) in [6.45, 7) is 1.75. The van der Waals surface area contributed by atoms with Gasteiger partial charge in [0.1, 0.15) is 0 Å². The lowest BCUT2D eigenvalue weighted by Crippen LogP contribution is -1.98. The zero-order valence-electron chi connectivity index (χ0n) is 8.42. The quantitative estimate of drug-likeness (QED) is 0.537. The fourth-order valence-corrected chi connectivity index (χ4v) is 1.51. The number of alkyl halides is 1. The third-order valence-electron chi connectivity index (χ3n) is 2.02. The fraction of sp³-hybridized carbons (Fsp3) is 0.500. The first-order valence-corrected chi connectivity index (χ1v) is 6.23. The van der Waals surface area contributed by atoms with Gasteiger partial charge in [0.2, 0.25) is 0 Å². The van der Waals surface area contributed by atoms with Gasteiger partial charge in [0, 0.05) is 18.5 Å². The molecule has 1 nitrogen and oxygen atoms in total. The van der Waals surface area contributed by atoms with Crippen LogP contribution < -0.4 is 0 Å². The number of ether oxygens (including phenoxy) is 1. The third-order valence-corrected chi connectivity index (χ3v) is 2.58. The van der Waals surface area contributed by atoms with Crippen molar-refractivity contribution in [3.8, 4) is 0 Å². The zero-order chi connectivity index (χ0) is 10.1. The minimum atomic E-state index is 0.875. The molecular formula is C12H17BrO. The molecule has 0 aliphatic heterocycles. The summed E-state index contributed by atoms with van der Waals surface area (Å²) in [5.74, 6) is 0. The first kappa shape index (κ1) is 11.7. The van der Waals surface area contributed by atoms with Gasteiger partial charge in [0.15, 0.2) is 0 Å². The highest BCUT2D eigenvalue weighted by atomic mass is 79.9. The van der Waals surface area contributed by atoms with Crippen LogP contribution in [0.15, 0.2) is 30.3 Å². The average molecular weight is 257 g/mol. The van der Waals surface area contributed by atoms with Crippen LogP contribution in [0, 0.1) is 0 Å². The minimum Gasteiger partial charge on any atom is -0.381 e. The highest BCUT2D eigenvalue weighted by Gasteiger charge is 1.92. The van der Waals surface area contributed by atoms with E-state index in [0.717, 1.165) is 37.8 Å². The minimum absolute atomic E-state index is 0.875. The maximum atomic E-state index is 5.47. The van der Waals surface area contributed by atoms with E-state index in [1.807, 2.05) is 0 Å². The summed E-state index contributed by atoms with van der Waals surface area (Å²) in [6, 6.07) is 10.6. The second-order valence-electron chi connectivity index (χ2n) is 3.24. The lowest BCUT2D eigenvalue weighted by molar-refractivity contribution is 0.133. The van der Waals surface area contributed by atoms with Crippen LogP contribution in [-0.2, 0) is 11.2 Å². The molecule has 0 amide bonds. The van der Waals surface area contributed by atoms with Crippen molar-refractivity contribution in [3.63, 3.8) is 0 Å². The number of hydrogen-bond acceptors (Lipinski definition) is 1. The molecule has 0 aliphatic rings. The summed E-state index contributed by atoms with van der Waals surface area (Å²) in [7, 11) is 0. The third kappa shape index (κ3) is 5.40. The van der Waals surface area contributed by atoms with Crippen molar-refractivity contribution < 1.29 is 4.74 Å². The number of halogens is 1. The van der Waals surface area contributed by atoms with Crippen molar-refractivity contribution in [1.29, 1.82) is 0 Å². The molecule has 0 aliphatic carbocycles. The van der Waals surface area contributed by atoms with Crippen LogP contribution in [0.5, 0.6) is 0 Å². The van der Waals surface area contributed by atoms with Crippen LogP contribution in [0.3, 0.4) is 0 Å². The standard InChI is InChI=1S/C12H17BrO/c13-9-5-11-14-10-4-8-12-6-2-1-3-7-12/h1-3,6-7H,4-5,8-11H2. The molecule has 0 saturated heterocycles. The molecule has 1 aromatic rings. The molecule has 1 aromatic carbocycles. The SMILES string of the molecule is BrCCCOCCCc1ccccc1. The molecule has 0 bridgehead atoms. The van der Waals surface area contributed by atoms with Gasteiger partial charge in [-0.3, -0.25) is 0 Å². The summed E-state index contributed by atoms with van der Waals surface area (Å²) in [5.41, 5.74) is 1.40. The fourth-order valence-electron chi connectivity index (χ4n) is 1.28. The predicted octanol–water partition coefficient (Wildman–Crippen LogP) is 3.42. The van der Waals surface area contributed by atoms with Crippen LogP contribution in [-0.4, -0.2) is 18.5 Å². The first-order valence-electron chi connectivity index (χ1n) is 5.11. The molecule has 2 heteroatoms. The Morgan fingerprint density at radius 1 is 1.00 bits per heavy atom. The van der Waals surface area contributed by atoms with Gasteiger partial charge in [0.05, 0.1) is 0 Å². The maximum Gasteiger partial charge on any atom is 0.0474 e. The Bertz CT molecular complexity index is 223. The van der Waals surface area contributed by atoms with Gasteiger partial charge < -0.3 is 4.74 Å². The Morgan fingerprint density at radius 2 is 1.71 bits per heavy atom. The first-order chi connectivity index (χ1) is 6.93. The lowest BCUT2D eigenvalue weighted by Gasteiger charge is -2.02. The van der Waals surface area contributed by atoms with Crippen molar-refractivity contribution in [3.05, 3.63) is 35.9 Å². The molecule has 0 spiro atoms. The number of aryl methyl sites for hydroxylation is 1. The smallest absolute Gasteiger partial charge is 0.0474 e. The van der Waals surface area contributed by atoms with E-state index in [1.54, 1.807) is 0 Å². The van der Waals surface area contributed by atoms with Gasteiger partial charge in [-0.15, -0.1) is 0 Å². The Labute approximate surface area is 94.6 Å². The largest absolute Gasteiger partial charge is 0.381 e. The summed E-state index contributed by atoms with van der Waals surface area (Å²) in [5, 5.41) is 1.03. The van der Waals surface area contributed by atoms with Crippen molar-refractivity contribution in [2.75, 3.05) is 18.5 Å². The van der Waals surface area contributed by atoms with Gasteiger partial charge in [0.25, 0.3) is 0 Å². The molecule has 0 atom stereocenters. The Balaban J connectivity index is 1.99. The molecule has 0 aromatic heterocycles. The molecule has 1 rings (SSSR count). The van der Waals surface area contributed by atoms with Gasteiger partial charge in [-0.1, -0.05) is 46.3 Å². The normalized spacial score (nSPS) is 10.4. The predicted molar refractivity (Wildman–Crippen MR) is 64.0 cm³/mol. The molecule has 0 unspecified atom stereocenters. The number of rotatable bonds is 7. The van der Waals surface area contributed by atoms with Gasteiger partial charge >= 0.3 is 0 Å². The van der Waals surface area contributed by atoms with Crippen LogP contribution in [0.1, 0.15) is 18.4 Å². The number of benzene rings is 1. The molecule has 78 valence electrons.